The first-order valence-electron chi connectivity index (χ1n) is 6.55. The summed E-state index contributed by atoms with van der Waals surface area (Å²) in [7, 11) is 0. The van der Waals surface area contributed by atoms with E-state index >= 15 is 0 Å². The molecule has 0 fully saturated rings. The zero-order valence-corrected chi connectivity index (χ0v) is 12.6. The second-order valence-corrected chi connectivity index (χ2v) is 5.07. The van der Waals surface area contributed by atoms with Gasteiger partial charge in [0.05, 0.1) is 17.1 Å². The molecule has 2 aromatic rings. The summed E-state index contributed by atoms with van der Waals surface area (Å²) in [6.45, 7) is 2.07. The van der Waals surface area contributed by atoms with Gasteiger partial charge in [-0.1, -0.05) is 12.1 Å². The maximum Gasteiger partial charge on any atom is 0.338 e. The molecule has 2 rings (SSSR count). The van der Waals surface area contributed by atoms with Gasteiger partial charge in [-0.25, -0.2) is 4.79 Å². The number of anilines is 1. The molecule has 0 spiro atoms. The number of ether oxygens (including phenoxy) is 1. The fourth-order valence-corrected chi connectivity index (χ4v) is 2.45. The van der Waals surface area contributed by atoms with Crippen LogP contribution in [0.3, 0.4) is 0 Å². The maximum atomic E-state index is 11.5. The fourth-order valence-electron chi connectivity index (χ4n) is 1.70. The topological polar surface area (TPSA) is 81.5 Å². The van der Waals surface area contributed by atoms with Crippen molar-refractivity contribution in [1.29, 1.82) is 0 Å². The molecule has 6 nitrogen and oxygen atoms in total. The number of benzene rings is 2. The maximum absolute atomic E-state index is 11.5. The highest BCUT2D eigenvalue weighted by molar-refractivity contribution is 8.00. The van der Waals surface area contributed by atoms with Gasteiger partial charge < -0.3 is 9.46 Å². The molecule has 2 aromatic carbocycles. The van der Waals surface area contributed by atoms with Crippen molar-refractivity contribution in [3.8, 4) is 0 Å². The third kappa shape index (κ3) is 3.98. The molecule has 22 heavy (non-hydrogen) atoms. The van der Waals surface area contributed by atoms with Gasteiger partial charge >= 0.3 is 5.97 Å². The molecule has 1 N–H and O–H groups in total. The number of nitrogens with one attached hydrogen (secondary N) is 1. The Balaban J connectivity index is 2.03. The van der Waals surface area contributed by atoms with Gasteiger partial charge in [0.2, 0.25) is 0 Å². The Morgan fingerprint density at radius 2 is 1.91 bits per heavy atom. The molecule has 0 bridgehead atoms. The van der Waals surface area contributed by atoms with Crippen LogP contribution in [0, 0.1) is 10.1 Å². The standard InChI is InChI=1S/C15H14N2O4S/c1-2-21-15(18)11-7-9-12(10-8-11)16-22-14-6-4-3-5-13(14)17(19)20/h3-10,16H,2H2,1H3. The SMILES string of the molecule is CCOC(=O)c1ccc(NSc2ccccc2[N+](=O)[O-])cc1. The van der Waals surface area contributed by atoms with Crippen molar-refractivity contribution in [3.63, 3.8) is 0 Å². The van der Waals surface area contributed by atoms with E-state index in [9.17, 15) is 14.9 Å². The zero-order chi connectivity index (χ0) is 15.9. The Morgan fingerprint density at radius 3 is 2.55 bits per heavy atom. The minimum atomic E-state index is -0.423. The summed E-state index contributed by atoms with van der Waals surface area (Å²) in [5, 5.41) is 10.9. The minimum absolute atomic E-state index is 0.0446. The smallest absolute Gasteiger partial charge is 0.338 e. The number of carbonyl (C=O) groups excluding carboxylic acids is 1. The van der Waals surface area contributed by atoms with E-state index in [1.165, 1.54) is 6.07 Å². The van der Waals surface area contributed by atoms with E-state index < -0.39 is 4.92 Å². The monoisotopic (exact) mass is 318 g/mol. The fraction of sp³-hybridized carbons (Fsp3) is 0.133. The van der Waals surface area contributed by atoms with E-state index in [1.807, 2.05) is 0 Å². The van der Waals surface area contributed by atoms with Crippen LogP contribution in [0.4, 0.5) is 11.4 Å². The largest absolute Gasteiger partial charge is 0.462 e. The number of nitrogens with zero attached hydrogens (tertiary/aromatic N) is 1. The number of hydrogen-bond donors (Lipinski definition) is 1. The van der Waals surface area contributed by atoms with Crippen LogP contribution in [0.2, 0.25) is 0 Å². The molecular weight excluding hydrogens is 304 g/mol. The van der Waals surface area contributed by atoms with E-state index in [-0.39, 0.29) is 11.7 Å². The van der Waals surface area contributed by atoms with Gasteiger partial charge in [-0.05, 0) is 49.2 Å². The van der Waals surface area contributed by atoms with Crippen LogP contribution in [0.25, 0.3) is 0 Å². The average Bonchev–Trinajstić information content (AvgIpc) is 2.54. The second-order valence-electron chi connectivity index (χ2n) is 4.23. The van der Waals surface area contributed by atoms with E-state index in [4.69, 9.17) is 4.74 Å². The normalized spacial score (nSPS) is 10.0. The average molecular weight is 318 g/mol. The predicted octanol–water partition coefficient (Wildman–Crippen LogP) is 3.89. The molecule has 0 atom stereocenters. The highest BCUT2D eigenvalue weighted by Crippen LogP contribution is 2.29. The van der Waals surface area contributed by atoms with E-state index in [0.717, 1.165) is 17.6 Å². The van der Waals surface area contributed by atoms with E-state index in [2.05, 4.69) is 4.72 Å². The first-order valence-corrected chi connectivity index (χ1v) is 7.37. The zero-order valence-electron chi connectivity index (χ0n) is 11.8. The highest BCUT2D eigenvalue weighted by Gasteiger charge is 2.13. The molecule has 0 amide bonds. The highest BCUT2D eigenvalue weighted by atomic mass is 32.2. The number of esters is 1. The lowest BCUT2D eigenvalue weighted by atomic mass is 10.2. The third-order valence-electron chi connectivity index (χ3n) is 2.74. The summed E-state index contributed by atoms with van der Waals surface area (Å²) in [5.74, 6) is -0.375. The summed E-state index contributed by atoms with van der Waals surface area (Å²) in [5.41, 5.74) is 1.24. The van der Waals surface area contributed by atoms with Gasteiger partial charge in [-0.15, -0.1) is 0 Å². The van der Waals surface area contributed by atoms with Gasteiger partial charge in [-0.3, -0.25) is 10.1 Å². The van der Waals surface area contributed by atoms with Crippen molar-refractivity contribution in [2.75, 3.05) is 11.3 Å². The van der Waals surface area contributed by atoms with Crippen LogP contribution >= 0.6 is 11.9 Å². The molecule has 114 valence electrons. The van der Waals surface area contributed by atoms with Crippen molar-refractivity contribution < 1.29 is 14.5 Å². The minimum Gasteiger partial charge on any atom is -0.462 e. The summed E-state index contributed by atoms with van der Waals surface area (Å²) in [6.07, 6.45) is 0. The predicted molar refractivity (Wildman–Crippen MR) is 85.0 cm³/mol. The first kappa shape index (κ1) is 15.8. The van der Waals surface area contributed by atoms with Gasteiger partial charge in [-0.2, -0.15) is 0 Å². The van der Waals surface area contributed by atoms with Crippen molar-refractivity contribution in [3.05, 3.63) is 64.2 Å². The quantitative estimate of drug-likeness (QED) is 0.376. The summed E-state index contributed by atoms with van der Waals surface area (Å²) in [4.78, 5) is 22.6. The first-order chi connectivity index (χ1) is 10.6. The summed E-state index contributed by atoms with van der Waals surface area (Å²) in [6, 6.07) is 13.2. The molecule has 7 heteroatoms. The lowest BCUT2D eigenvalue weighted by Gasteiger charge is -2.07. The molecule has 0 aliphatic heterocycles. The lowest BCUT2D eigenvalue weighted by Crippen LogP contribution is -2.04. The van der Waals surface area contributed by atoms with Crippen molar-refractivity contribution in [1.82, 2.24) is 0 Å². The molecule has 0 saturated carbocycles. The van der Waals surface area contributed by atoms with E-state index in [0.29, 0.717) is 17.1 Å². The van der Waals surface area contributed by atoms with Crippen LogP contribution in [0.1, 0.15) is 17.3 Å². The Morgan fingerprint density at radius 1 is 1.23 bits per heavy atom. The third-order valence-corrected chi connectivity index (χ3v) is 3.64. The molecule has 0 saturated heterocycles. The van der Waals surface area contributed by atoms with Gasteiger partial charge in [0, 0.05) is 11.8 Å². The summed E-state index contributed by atoms with van der Waals surface area (Å²) >= 11 is 1.15. The van der Waals surface area contributed by atoms with Gasteiger partial charge in [0.1, 0.15) is 4.90 Å². The van der Waals surface area contributed by atoms with Crippen molar-refractivity contribution in [2.24, 2.45) is 0 Å². The van der Waals surface area contributed by atoms with Gasteiger partial charge in [0.15, 0.2) is 0 Å². The molecule has 0 unspecified atom stereocenters. The molecular formula is C15H14N2O4S. The molecule has 0 aromatic heterocycles. The number of rotatable bonds is 6. The van der Waals surface area contributed by atoms with Gasteiger partial charge in [0.25, 0.3) is 5.69 Å². The van der Waals surface area contributed by atoms with Crippen molar-refractivity contribution in [2.45, 2.75) is 11.8 Å². The Hall–Kier alpha value is -2.54. The lowest BCUT2D eigenvalue weighted by molar-refractivity contribution is -0.387. The number of hydrogen-bond acceptors (Lipinski definition) is 6. The Labute approximate surface area is 131 Å². The molecule has 0 aliphatic rings. The Bertz CT molecular complexity index is 673. The summed E-state index contributed by atoms with van der Waals surface area (Å²) < 4.78 is 7.91. The number of nitro benzene ring substituents is 1. The molecule has 0 aliphatic carbocycles. The number of para-hydroxylation sites is 1. The molecule has 0 radical (unpaired) electrons. The van der Waals surface area contributed by atoms with Crippen LogP contribution in [-0.4, -0.2) is 17.5 Å². The van der Waals surface area contributed by atoms with E-state index in [1.54, 1.807) is 49.4 Å². The van der Waals surface area contributed by atoms with Crippen LogP contribution in [-0.2, 0) is 4.74 Å². The number of nitro groups is 1. The van der Waals surface area contributed by atoms with Crippen LogP contribution < -0.4 is 4.72 Å². The van der Waals surface area contributed by atoms with Crippen LogP contribution in [0.15, 0.2) is 53.4 Å². The van der Waals surface area contributed by atoms with Crippen LogP contribution in [0.5, 0.6) is 0 Å². The van der Waals surface area contributed by atoms with Crippen molar-refractivity contribution >= 4 is 29.3 Å². The number of carbonyl (C=O) groups is 1. The molecule has 0 heterocycles. The second kappa shape index (κ2) is 7.46. The Kier molecular flexibility index (Phi) is 5.37.